The maximum atomic E-state index is 11.0. The molecule has 17 heavy (non-hydrogen) atoms. The van der Waals surface area contributed by atoms with Gasteiger partial charge in [-0.25, -0.2) is 4.79 Å². The van der Waals surface area contributed by atoms with Gasteiger partial charge in [0.2, 0.25) is 0 Å². The Bertz CT molecular complexity index is 751. The Morgan fingerprint density at radius 2 is 2.06 bits per heavy atom. The topological polar surface area (TPSA) is 75.6 Å². The average molecular weight is 231 g/mol. The minimum atomic E-state index is -1.01. The largest absolute Gasteiger partial charge is 0.508 e. The van der Waals surface area contributed by atoms with Crippen LogP contribution < -0.4 is 0 Å². The summed E-state index contributed by atoms with van der Waals surface area (Å²) in [4.78, 5) is 11.0. The zero-order valence-corrected chi connectivity index (χ0v) is 8.97. The molecule has 0 atom stereocenters. The lowest BCUT2D eigenvalue weighted by atomic mass is 10.2. The third kappa shape index (κ3) is 1.22. The highest BCUT2D eigenvalue weighted by molar-refractivity contribution is 6.06. The van der Waals surface area contributed by atoms with Crippen LogP contribution in [0.2, 0.25) is 0 Å². The van der Waals surface area contributed by atoms with Crippen LogP contribution in [-0.4, -0.2) is 20.7 Å². The lowest BCUT2D eigenvalue weighted by molar-refractivity contribution is 0.0687. The number of nitrogens with zero attached hydrogens (tertiary/aromatic N) is 1. The van der Waals surface area contributed by atoms with Crippen LogP contribution in [0.5, 0.6) is 5.75 Å². The Hall–Kier alpha value is -2.43. The van der Waals surface area contributed by atoms with Gasteiger partial charge in [0.15, 0.2) is 5.58 Å². The van der Waals surface area contributed by atoms with Crippen molar-refractivity contribution in [2.75, 3.05) is 0 Å². The number of rotatable bonds is 1. The van der Waals surface area contributed by atoms with Crippen molar-refractivity contribution in [2.24, 2.45) is 7.05 Å². The Labute approximate surface area is 95.5 Å². The van der Waals surface area contributed by atoms with Crippen LogP contribution in [0.15, 0.2) is 28.7 Å². The van der Waals surface area contributed by atoms with E-state index in [2.05, 4.69) is 0 Å². The van der Waals surface area contributed by atoms with Gasteiger partial charge in [-0.15, -0.1) is 0 Å². The molecule has 2 N–H and O–H groups in total. The molecular formula is C12H9NO4. The van der Waals surface area contributed by atoms with Crippen LogP contribution in [0.4, 0.5) is 0 Å². The number of aromatic hydroxyl groups is 1. The van der Waals surface area contributed by atoms with Crippen LogP contribution in [0.1, 0.15) is 10.5 Å². The Morgan fingerprint density at radius 1 is 1.29 bits per heavy atom. The Balaban J connectivity index is 2.48. The molecule has 0 aliphatic heterocycles. The molecule has 5 heteroatoms. The number of aromatic nitrogens is 1. The number of phenols is 1. The van der Waals surface area contributed by atoms with Gasteiger partial charge in [0.25, 0.3) is 0 Å². The van der Waals surface area contributed by atoms with E-state index in [1.54, 1.807) is 23.7 Å². The van der Waals surface area contributed by atoms with Crippen LogP contribution in [0.3, 0.4) is 0 Å². The van der Waals surface area contributed by atoms with E-state index < -0.39 is 5.97 Å². The van der Waals surface area contributed by atoms with Crippen molar-refractivity contribution < 1.29 is 19.4 Å². The van der Waals surface area contributed by atoms with E-state index in [1.165, 1.54) is 12.1 Å². The molecule has 0 amide bonds. The quantitative estimate of drug-likeness (QED) is 0.673. The molecule has 1 aromatic carbocycles. The molecule has 0 fully saturated rings. The summed E-state index contributed by atoms with van der Waals surface area (Å²) in [5.74, 6) is -0.884. The first-order chi connectivity index (χ1) is 8.08. The zero-order valence-electron chi connectivity index (χ0n) is 8.97. The summed E-state index contributed by atoms with van der Waals surface area (Å²) in [5, 5.41) is 19.2. The summed E-state index contributed by atoms with van der Waals surface area (Å²) in [6, 6.07) is 6.23. The molecule has 2 heterocycles. The van der Waals surface area contributed by atoms with Crippen LogP contribution >= 0.6 is 0 Å². The molecule has 2 aromatic heterocycles. The standard InChI is InChI=1S/C12H9NO4/c1-13-8(12(15)16)5-10-11(13)7-4-6(14)2-3-9(7)17-10/h2-5,14H,1H3,(H,15,16). The van der Waals surface area contributed by atoms with E-state index in [1.807, 2.05) is 0 Å². The minimum Gasteiger partial charge on any atom is -0.508 e. The summed E-state index contributed by atoms with van der Waals surface area (Å²) in [6.45, 7) is 0. The maximum Gasteiger partial charge on any atom is 0.352 e. The van der Waals surface area contributed by atoms with Gasteiger partial charge >= 0.3 is 5.97 Å². The summed E-state index contributed by atoms with van der Waals surface area (Å²) in [6.07, 6.45) is 0. The number of furan rings is 1. The molecular weight excluding hydrogens is 222 g/mol. The summed E-state index contributed by atoms with van der Waals surface area (Å²) in [5.41, 5.74) is 1.96. The molecule has 0 radical (unpaired) electrons. The van der Waals surface area contributed by atoms with E-state index in [0.717, 1.165) is 0 Å². The number of benzene rings is 1. The third-order valence-electron chi connectivity index (χ3n) is 2.86. The third-order valence-corrected chi connectivity index (χ3v) is 2.86. The van der Waals surface area contributed by atoms with Crippen molar-refractivity contribution in [3.63, 3.8) is 0 Å². The molecule has 0 aliphatic carbocycles. The second-order valence-corrected chi connectivity index (χ2v) is 3.89. The van der Waals surface area contributed by atoms with Crippen LogP contribution in [0, 0.1) is 0 Å². The van der Waals surface area contributed by atoms with Gasteiger partial charge in [-0.1, -0.05) is 0 Å². The fourth-order valence-electron chi connectivity index (χ4n) is 2.08. The first kappa shape index (κ1) is 9.77. The van der Waals surface area contributed by atoms with Gasteiger partial charge in [0.1, 0.15) is 17.0 Å². The highest BCUT2D eigenvalue weighted by atomic mass is 16.4. The number of aryl methyl sites for hydroxylation is 1. The number of phenolic OH excluding ortho intramolecular Hbond substituents is 1. The SMILES string of the molecule is Cn1c(C(=O)O)cc2oc3ccc(O)cc3c21. The lowest BCUT2D eigenvalue weighted by Gasteiger charge is -1.98. The normalized spacial score (nSPS) is 11.4. The number of hydrogen-bond donors (Lipinski definition) is 2. The summed E-state index contributed by atoms with van der Waals surface area (Å²) < 4.78 is 7.07. The number of carboxylic acids is 1. The predicted molar refractivity (Wildman–Crippen MR) is 61.3 cm³/mol. The van der Waals surface area contributed by atoms with Crippen molar-refractivity contribution in [1.82, 2.24) is 4.57 Å². The second kappa shape index (κ2) is 3.04. The molecule has 0 spiro atoms. The first-order valence-corrected chi connectivity index (χ1v) is 5.02. The van der Waals surface area contributed by atoms with Crippen LogP contribution in [0.25, 0.3) is 22.1 Å². The highest BCUT2D eigenvalue weighted by Crippen LogP contribution is 2.32. The van der Waals surface area contributed by atoms with E-state index in [9.17, 15) is 9.90 Å². The van der Waals surface area contributed by atoms with Gasteiger partial charge in [0, 0.05) is 18.5 Å². The molecule has 0 saturated carbocycles. The van der Waals surface area contributed by atoms with Gasteiger partial charge in [-0.05, 0) is 18.2 Å². The van der Waals surface area contributed by atoms with Gasteiger partial charge in [0.05, 0.1) is 5.52 Å². The summed E-state index contributed by atoms with van der Waals surface area (Å²) in [7, 11) is 1.66. The molecule has 3 aromatic rings. The van der Waals surface area contributed by atoms with Crippen molar-refractivity contribution in [3.8, 4) is 5.75 Å². The highest BCUT2D eigenvalue weighted by Gasteiger charge is 2.17. The molecule has 0 unspecified atom stereocenters. The molecule has 0 saturated heterocycles. The maximum absolute atomic E-state index is 11.0. The van der Waals surface area contributed by atoms with Gasteiger partial charge in [-0.2, -0.15) is 0 Å². The van der Waals surface area contributed by atoms with E-state index >= 15 is 0 Å². The van der Waals surface area contributed by atoms with Crippen molar-refractivity contribution in [2.45, 2.75) is 0 Å². The van der Waals surface area contributed by atoms with Gasteiger partial charge in [-0.3, -0.25) is 0 Å². The lowest BCUT2D eigenvalue weighted by Crippen LogP contribution is -2.03. The van der Waals surface area contributed by atoms with E-state index in [4.69, 9.17) is 9.52 Å². The van der Waals surface area contributed by atoms with Crippen LogP contribution in [-0.2, 0) is 7.05 Å². The molecule has 0 aliphatic rings. The monoisotopic (exact) mass is 231 g/mol. The fraction of sp³-hybridized carbons (Fsp3) is 0.0833. The first-order valence-electron chi connectivity index (χ1n) is 5.02. The average Bonchev–Trinajstić information content (AvgIpc) is 2.76. The van der Waals surface area contributed by atoms with Crippen molar-refractivity contribution in [3.05, 3.63) is 30.0 Å². The molecule has 5 nitrogen and oxygen atoms in total. The molecule has 0 bridgehead atoms. The van der Waals surface area contributed by atoms with Gasteiger partial charge < -0.3 is 19.2 Å². The van der Waals surface area contributed by atoms with E-state index in [0.29, 0.717) is 22.1 Å². The number of fused-ring (bicyclic) bond motifs is 3. The fourth-order valence-corrected chi connectivity index (χ4v) is 2.08. The Kier molecular flexibility index (Phi) is 1.75. The van der Waals surface area contributed by atoms with E-state index in [-0.39, 0.29) is 11.4 Å². The zero-order chi connectivity index (χ0) is 12.2. The van der Waals surface area contributed by atoms with Crippen molar-refractivity contribution >= 4 is 28.0 Å². The minimum absolute atomic E-state index is 0.123. The number of carbonyl (C=O) groups is 1. The number of carboxylic acid groups (broad SMARTS) is 1. The summed E-state index contributed by atoms with van der Waals surface area (Å²) >= 11 is 0. The van der Waals surface area contributed by atoms with Crippen molar-refractivity contribution in [1.29, 1.82) is 0 Å². The number of hydrogen-bond acceptors (Lipinski definition) is 3. The second-order valence-electron chi connectivity index (χ2n) is 3.89. The smallest absolute Gasteiger partial charge is 0.352 e. The number of aromatic carboxylic acids is 1. The molecule has 3 rings (SSSR count). The Morgan fingerprint density at radius 3 is 2.76 bits per heavy atom. The molecule has 86 valence electrons. The predicted octanol–water partition coefficient (Wildman–Crippen LogP) is 2.33.